The van der Waals surface area contributed by atoms with Crippen molar-refractivity contribution >= 4 is 33.4 Å². The van der Waals surface area contributed by atoms with Gasteiger partial charge in [-0.05, 0) is 46.5 Å². The normalized spacial score (nSPS) is 12.0. The quantitative estimate of drug-likeness (QED) is 0.784. The van der Waals surface area contributed by atoms with Crippen molar-refractivity contribution in [3.8, 4) is 0 Å². The summed E-state index contributed by atoms with van der Waals surface area (Å²) in [7, 11) is 0. The van der Waals surface area contributed by atoms with E-state index in [1.807, 2.05) is 49.4 Å². The number of benzene rings is 2. The lowest BCUT2D eigenvalue weighted by Crippen LogP contribution is -2.38. The van der Waals surface area contributed by atoms with Gasteiger partial charge >= 0.3 is 0 Å². The molecule has 0 spiro atoms. The van der Waals surface area contributed by atoms with Crippen molar-refractivity contribution in [2.24, 2.45) is 0 Å². The van der Waals surface area contributed by atoms with Gasteiger partial charge in [0.25, 0.3) is 5.91 Å². The Balaban J connectivity index is 2.08. The molecule has 4 heteroatoms. The standard InChI is InChI=1S/C17H17BrClNO/c1-12-6-5-9-15(16(12)18)17(21)20-14(11-19)10-13-7-3-2-4-8-13/h2-9,14H,10-11H2,1H3,(H,20,21). The van der Waals surface area contributed by atoms with Gasteiger partial charge in [-0.3, -0.25) is 4.79 Å². The summed E-state index contributed by atoms with van der Waals surface area (Å²) >= 11 is 9.46. The van der Waals surface area contributed by atoms with Crippen molar-refractivity contribution in [3.63, 3.8) is 0 Å². The van der Waals surface area contributed by atoms with Crippen LogP contribution in [0.2, 0.25) is 0 Å². The van der Waals surface area contributed by atoms with Crippen LogP contribution in [0.25, 0.3) is 0 Å². The third-order valence-electron chi connectivity index (χ3n) is 3.28. The fraction of sp³-hybridized carbons (Fsp3) is 0.235. The van der Waals surface area contributed by atoms with E-state index in [4.69, 9.17) is 11.6 Å². The van der Waals surface area contributed by atoms with Crippen LogP contribution in [-0.2, 0) is 6.42 Å². The van der Waals surface area contributed by atoms with Crippen molar-refractivity contribution in [1.82, 2.24) is 5.32 Å². The van der Waals surface area contributed by atoms with Gasteiger partial charge in [0.1, 0.15) is 0 Å². The maximum atomic E-state index is 12.4. The van der Waals surface area contributed by atoms with Gasteiger partial charge in [0.15, 0.2) is 0 Å². The molecule has 0 aliphatic heterocycles. The number of aryl methyl sites for hydroxylation is 1. The summed E-state index contributed by atoms with van der Waals surface area (Å²) in [5, 5.41) is 3.00. The average Bonchev–Trinajstić information content (AvgIpc) is 2.50. The molecule has 0 aromatic heterocycles. The van der Waals surface area contributed by atoms with E-state index >= 15 is 0 Å². The predicted octanol–water partition coefficient (Wildman–Crippen LogP) is 4.34. The van der Waals surface area contributed by atoms with Gasteiger partial charge in [-0.15, -0.1) is 11.6 Å². The Morgan fingerprint density at radius 2 is 1.90 bits per heavy atom. The first kappa shape index (κ1) is 16.1. The molecule has 0 bridgehead atoms. The highest BCUT2D eigenvalue weighted by atomic mass is 79.9. The molecule has 0 aliphatic rings. The largest absolute Gasteiger partial charge is 0.348 e. The zero-order valence-electron chi connectivity index (χ0n) is 11.8. The number of halogens is 2. The van der Waals surface area contributed by atoms with Gasteiger partial charge in [0.2, 0.25) is 0 Å². The number of hydrogen-bond donors (Lipinski definition) is 1. The van der Waals surface area contributed by atoms with Crippen molar-refractivity contribution in [1.29, 1.82) is 0 Å². The Bertz CT molecular complexity index is 615. The third-order valence-corrected chi connectivity index (χ3v) is 4.71. The molecule has 0 radical (unpaired) electrons. The highest BCUT2D eigenvalue weighted by molar-refractivity contribution is 9.10. The summed E-state index contributed by atoms with van der Waals surface area (Å²) in [5.74, 6) is 0.275. The summed E-state index contributed by atoms with van der Waals surface area (Å²) in [5.41, 5.74) is 2.83. The minimum Gasteiger partial charge on any atom is -0.348 e. The molecule has 110 valence electrons. The molecule has 2 aromatic carbocycles. The second-order valence-corrected chi connectivity index (χ2v) is 6.05. The molecule has 1 N–H and O–H groups in total. The third kappa shape index (κ3) is 4.32. The van der Waals surface area contributed by atoms with E-state index in [0.29, 0.717) is 11.4 Å². The van der Waals surface area contributed by atoms with Crippen LogP contribution in [0.4, 0.5) is 0 Å². The van der Waals surface area contributed by atoms with Crippen LogP contribution in [-0.4, -0.2) is 17.8 Å². The van der Waals surface area contributed by atoms with Crippen molar-refractivity contribution < 1.29 is 4.79 Å². The van der Waals surface area contributed by atoms with Gasteiger partial charge in [-0.1, -0.05) is 42.5 Å². The molecular formula is C17H17BrClNO. The maximum absolute atomic E-state index is 12.4. The van der Waals surface area contributed by atoms with Crippen LogP contribution in [0, 0.1) is 6.92 Å². The van der Waals surface area contributed by atoms with E-state index < -0.39 is 0 Å². The fourth-order valence-corrected chi connectivity index (χ4v) is 2.76. The highest BCUT2D eigenvalue weighted by Gasteiger charge is 2.16. The Labute approximate surface area is 138 Å². The summed E-state index contributed by atoms with van der Waals surface area (Å²) in [6.45, 7) is 1.96. The number of hydrogen-bond acceptors (Lipinski definition) is 1. The lowest BCUT2D eigenvalue weighted by atomic mass is 10.1. The number of rotatable bonds is 5. The van der Waals surface area contributed by atoms with E-state index in [1.165, 1.54) is 0 Å². The van der Waals surface area contributed by atoms with Gasteiger partial charge in [0, 0.05) is 16.4 Å². The van der Waals surface area contributed by atoms with E-state index in [1.54, 1.807) is 6.07 Å². The van der Waals surface area contributed by atoms with Crippen molar-refractivity contribution in [2.45, 2.75) is 19.4 Å². The van der Waals surface area contributed by atoms with E-state index in [-0.39, 0.29) is 11.9 Å². The molecule has 0 fully saturated rings. The lowest BCUT2D eigenvalue weighted by molar-refractivity contribution is 0.0939. The van der Waals surface area contributed by atoms with E-state index in [2.05, 4.69) is 21.2 Å². The zero-order valence-corrected chi connectivity index (χ0v) is 14.1. The predicted molar refractivity (Wildman–Crippen MR) is 91.0 cm³/mol. The number of nitrogens with one attached hydrogen (secondary N) is 1. The second kappa shape index (κ2) is 7.62. The lowest BCUT2D eigenvalue weighted by Gasteiger charge is -2.17. The van der Waals surface area contributed by atoms with E-state index in [0.717, 1.165) is 22.0 Å². The monoisotopic (exact) mass is 365 g/mol. The summed E-state index contributed by atoms with van der Waals surface area (Å²) in [4.78, 5) is 12.4. The number of amides is 1. The molecule has 2 aromatic rings. The van der Waals surface area contributed by atoms with Gasteiger partial charge in [-0.2, -0.15) is 0 Å². The maximum Gasteiger partial charge on any atom is 0.252 e. The summed E-state index contributed by atoms with van der Waals surface area (Å²) in [6, 6.07) is 15.6. The average molecular weight is 367 g/mol. The molecule has 1 amide bonds. The molecule has 2 nitrogen and oxygen atoms in total. The molecule has 0 aliphatic carbocycles. The molecule has 0 heterocycles. The Hall–Kier alpha value is -1.32. The number of carbonyl (C=O) groups excluding carboxylic acids is 1. The van der Waals surface area contributed by atoms with E-state index in [9.17, 15) is 4.79 Å². The smallest absolute Gasteiger partial charge is 0.252 e. The summed E-state index contributed by atoms with van der Waals surface area (Å²) < 4.78 is 0.829. The van der Waals surface area contributed by atoms with Crippen LogP contribution in [0.3, 0.4) is 0 Å². The van der Waals surface area contributed by atoms with Gasteiger partial charge in [-0.25, -0.2) is 0 Å². The fourth-order valence-electron chi connectivity index (χ4n) is 2.13. The molecule has 2 rings (SSSR count). The summed E-state index contributed by atoms with van der Waals surface area (Å²) in [6.07, 6.45) is 0.722. The highest BCUT2D eigenvalue weighted by Crippen LogP contribution is 2.21. The first-order chi connectivity index (χ1) is 10.1. The van der Waals surface area contributed by atoms with Crippen LogP contribution in [0.5, 0.6) is 0 Å². The first-order valence-corrected chi connectivity index (χ1v) is 8.10. The Kier molecular flexibility index (Phi) is 5.83. The molecule has 0 saturated carbocycles. The molecule has 0 saturated heterocycles. The topological polar surface area (TPSA) is 29.1 Å². The Morgan fingerprint density at radius 1 is 1.19 bits per heavy atom. The molecular weight excluding hydrogens is 350 g/mol. The number of carbonyl (C=O) groups is 1. The van der Waals surface area contributed by atoms with Crippen molar-refractivity contribution in [2.75, 3.05) is 5.88 Å². The SMILES string of the molecule is Cc1cccc(C(=O)NC(CCl)Cc2ccccc2)c1Br. The zero-order chi connectivity index (χ0) is 15.2. The van der Waals surface area contributed by atoms with Crippen LogP contribution in [0.1, 0.15) is 21.5 Å². The second-order valence-electron chi connectivity index (χ2n) is 4.95. The van der Waals surface area contributed by atoms with Crippen molar-refractivity contribution in [3.05, 3.63) is 69.7 Å². The van der Waals surface area contributed by atoms with Crippen LogP contribution >= 0.6 is 27.5 Å². The van der Waals surface area contributed by atoms with Gasteiger partial charge < -0.3 is 5.32 Å². The van der Waals surface area contributed by atoms with Crippen LogP contribution in [0.15, 0.2) is 53.0 Å². The number of alkyl halides is 1. The Morgan fingerprint density at radius 3 is 2.57 bits per heavy atom. The van der Waals surface area contributed by atoms with Gasteiger partial charge in [0.05, 0.1) is 5.56 Å². The molecule has 1 unspecified atom stereocenters. The minimum atomic E-state index is -0.104. The molecule has 1 atom stereocenters. The molecule has 21 heavy (non-hydrogen) atoms. The minimum absolute atomic E-state index is 0.0889. The first-order valence-electron chi connectivity index (χ1n) is 6.77. The van der Waals surface area contributed by atoms with Crippen LogP contribution < -0.4 is 5.32 Å².